The molecular formula is C14H12FIN2O2S. The first kappa shape index (κ1) is 14.7. The van der Waals surface area contributed by atoms with Gasteiger partial charge < -0.3 is 5.32 Å². The molecule has 1 aromatic heterocycles. The summed E-state index contributed by atoms with van der Waals surface area (Å²) in [6.45, 7) is 0. The second-order valence-electron chi connectivity index (χ2n) is 4.94. The van der Waals surface area contributed by atoms with E-state index in [1.807, 2.05) is 0 Å². The number of nitrogens with zero attached hydrogens (tertiary/aromatic N) is 1. The largest absolute Gasteiger partial charge is 0.376 e. The molecule has 0 saturated carbocycles. The maximum atomic E-state index is 13.9. The Balaban J connectivity index is 1.91. The third-order valence-corrected chi connectivity index (χ3v) is 5.55. The van der Waals surface area contributed by atoms with Crippen molar-refractivity contribution in [3.05, 3.63) is 53.5 Å². The average Bonchev–Trinajstić information content (AvgIpc) is 2.82. The van der Waals surface area contributed by atoms with E-state index >= 15 is 0 Å². The molecule has 0 spiro atoms. The van der Waals surface area contributed by atoms with Crippen molar-refractivity contribution in [1.82, 2.24) is 0 Å². The van der Waals surface area contributed by atoms with Crippen LogP contribution in [-0.4, -0.2) is 4.92 Å². The third-order valence-electron chi connectivity index (χ3n) is 3.57. The Hall–Kier alpha value is -1.22. The highest BCUT2D eigenvalue weighted by Gasteiger charge is 2.24. The van der Waals surface area contributed by atoms with Crippen molar-refractivity contribution in [3.8, 4) is 0 Å². The van der Waals surface area contributed by atoms with Gasteiger partial charge in [-0.1, -0.05) is 0 Å². The molecule has 0 amide bonds. The van der Waals surface area contributed by atoms with E-state index in [2.05, 4.69) is 34.0 Å². The average molecular weight is 418 g/mol. The lowest BCUT2D eigenvalue weighted by Crippen LogP contribution is -2.16. The zero-order chi connectivity index (χ0) is 15.0. The maximum absolute atomic E-state index is 13.9. The lowest BCUT2D eigenvalue weighted by atomic mass is 9.94. The van der Waals surface area contributed by atoms with Crippen LogP contribution in [0.3, 0.4) is 0 Å². The summed E-state index contributed by atoms with van der Waals surface area (Å²) < 4.78 is 15.1. The molecule has 0 aliphatic heterocycles. The summed E-state index contributed by atoms with van der Waals surface area (Å²) in [4.78, 5) is 11.6. The quantitative estimate of drug-likeness (QED) is 0.439. The molecule has 1 aliphatic carbocycles. The van der Waals surface area contributed by atoms with Gasteiger partial charge in [0, 0.05) is 17.0 Å². The standard InChI is InChI=1S/C14H12FIN2O2S/c15-10-5-4-8(18(19)20)6-12(10)17-11-2-1-3-13-9(11)7-14(16)21-13/h4-7,11,17H,1-3H2. The number of rotatable bonds is 3. The van der Waals surface area contributed by atoms with Gasteiger partial charge >= 0.3 is 0 Å². The van der Waals surface area contributed by atoms with Crippen LogP contribution in [0.25, 0.3) is 0 Å². The van der Waals surface area contributed by atoms with Crippen LogP contribution < -0.4 is 5.32 Å². The van der Waals surface area contributed by atoms with Gasteiger partial charge in [-0.05, 0) is 59.5 Å². The highest BCUT2D eigenvalue weighted by Crippen LogP contribution is 2.38. The number of benzene rings is 1. The molecule has 0 fully saturated rings. The highest BCUT2D eigenvalue weighted by atomic mass is 127. The molecule has 21 heavy (non-hydrogen) atoms. The normalized spacial score (nSPS) is 17.3. The Morgan fingerprint density at radius 1 is 1.43 bits per heavy atom. The van der Waals surface area contributed by atoms with Crippen molar-refractivity contribution in [3.63, 3.8) is 0 Å². The van der Waals surface area contributed by atoms with Crippen molar-refractivity contribution in [2.24, 2.45) is 0 Å². The van der Waals surface area contributed by atoms with Gasteiger partial charge in [0.25, 0.3) is 5.69 Å². The van der Waals surface area contributed by atoms with Crippen LogP contribution in [0.1, 0.15) is 29.3 Å². The second kappa shape index (κ2) is 5.88. The summed E-state index contributed by atoms with van der Waals surface area (Å²) in [7, 11) is 0. The van der Waals surface area contributed by atoms with Gasteiger partial charge in [-0.3, -0.25) is 10.1 Å². The van der Waals surface area contributed by atoms with Gasteiger partial charge in [-0.2, -0.15) is 0 Å². The number of halogens is 2. The van der Waals surface area contributed by atoms with Gasteiger partial charge in [0.1, 0.15) is 5.82 Å². The van der Waals surface area contributed by atoms with Gasteiger partial charge in [-0.25, -0.2) is 4.39 Å². The first-order chi connectivity index (χ1) is 10.0. The van der Waals surface area contributed by atoms with Crippen molar-refractivity contribution in [2.75, 3.05) is 5.32 Å². The Bertz CT molecular complexity index is 704. The van der Waals surface area contributed by atoms with Crippen LogP contribution in [0, 0.1) is 18.8 Å². The molecule has 3 rings (SSSR count). The van der Waals surface area contributed by atoms with Crippen LogP contribution in [0.15, 0.2) is 24.3 Å². The molecule has 1 aliphatic rings. The Morgan fingerprint density at radius 2 is 2.24 bits per heavy atom. The van der Waals surface area contributed by atoms with E-state index in [-0.39, 0.29) is 17.4 Å². The fourth-order valence-electron chi connectivity index (χ4n) is 2.60. The van der Waals surface area contributed by atoms with Crippen molar-refractivity contribution in [2.45, 2.75) is 25.3 Å². The lowest BCUT2D eigenvalue weighted by molar-refractivity contribution is -0.384. The first-order valence-electron chi connectivity index (χ1n) is 6.53. The fourth-order valence-corrected chi connectivity index (χ4v) is 4.72. The minimum atomic E-state index is -0.509. The summed E-state index contributed by atoms with van der Waals surface area (Å²) in [5, 5.41) is 14.0. The van der Waals surface area contributed by atoms with Crippen molar-refractivity contribution < 1.29 is 9.31 Å². The van der Waals surface area contributed by atoms with Gasteiger partial charge in [0.2, 0.25) is 0 Å². The lowest BCUT2D eigenvalue weighted by Gasteiger charge is -2.24. The number of hydrogen-bond donors (Lipinski definition) is 1. The van der Waals surface area contributed by atoms with Crippen molar-refractivity contribution >= 4 is 45.3 Å². The van der Waals surface area contributed by atoms with Crippen LogP contribution in [0.2, 0.25) is 0 Å². The highest BCUT2D eigenvalue weighted by molar-refractivity contribution is 14.1. The van der Waals surface area contributed by atoms with E-state index in [9.17, 15) is 14.5 Å². The molecule has 1 heterocycles. The maximum Gasteiger partial charge on any atom is 0.271 e. The number of non-ortho nitro benzene ring substituents is 1. The summed E-state index contributed by atoms with van der Waals surface area (Å²) in [6, 6.07) is 5.72. The molecule has 110 valence electrons. The number of anilines is 1. The smallest absolute Gasteiger partial charge is 0.271 e. The number of aryl methyl sites for hydroxylation is 1. The zero-order valence-corrected chi connectivity index (χ0v) is 13.9. The first-order valence-corrected chi connectivity index (χ1v) is 8.42. The Kier molecular flexibility index (Phi) is 4.12. The molecule has 2 aromatic rings. The minimum Gasteiger partial charge on any atom is -0.376 e. The number of thiophene rings is 1. The molecule has 1 aromatic carbocycles. The third kappa shape index (κ3) is 3.03. The van der Waals surface area contributed by atoms with Crippen LogP contribution in [0.4, 0.5) is 15.8 Å². The summed E-state index contributed by atoms with van der Waals surface area (Å²) in [5.41, 5.74) is 1.29. The van der Waals surface area contributed by atoms with E-state index in [0.717, 1.165) is 25.3 Å². The number of nitrogens with one attached hydrogen (secondary N) is 1. The van der Waals surface area contributed by atoms with E-state index in [4.69, 9.17) is 0 Å². The topological polar surface area (TPSA) is 55.2 Å². The summed E-state index contributed by atoms with van der Waals surface area (Å²) >= 11 is 4.05. The monoisotopic (exact) mass is 418 g/mol. The van der Waals surface area contributed by atoms with E-state index in [1.54, 1.807) is 11.3 Å². The predicted octanol–water partition coefficient (Wildman–Crippen LogP) is 4.89. The summed E-state index contributed by atoms with van der Waals surface area (Å²) in [5.74, 6) is -0.461. The number of fused-ring (bicyclic) bond motifs is 1. The minimum absolute atomic E-state index is 0.0185. The fraction of sp³-hybridized carbons (Fsp3) is 0.286. The molecule has 1 N–H and O–H groups in total. The second-order valence-corrected chi connectivity index (χ2v) is 7.97. The molecule has 0 saturated heterocycles. The van der Waals surface area contributed by atoms with Gasteiger partial charge in [0.15, 0.2) is 0 Å². The molecular weight excluding hydrogens is 406 g/mol. The Morgan fingerprint density at radius 3 is 3.00 bits per heavy atom. The molecule has 1 atom stereocenters. The predicted molar refractivity (Wildman–Crippen MR) is 89.4 cm³/mol. The number of nitro groups is 1. The van der Waals surface area contributed by atoms with E-state index in [0.29, 0.717) is 0 Å². The summed E-state index contributed by atoms with van der Waals surface area (Å²) in [6.07, 6.45) is 3.00. The van der Waals surface area contributed by atoms with Gasteiger partial charge in [0.05, 0.1) is 19.5 Å². The van der Waals surface area contributed by atoms with E-state index < -0.39 is 10.7 Å². The Labute approximate surface area is 138 Å². The van der Waals surface area contributed by atoms with E-state index in [1.165, 1.54) is 25.5 Å². The molecule has 0 bridgehead atoms. The molecule has 0 radical (unpaired) electrons. The molecule has 1 unspecified atom stereocenters. The van der Waals surface area contributed by atoms with Gasteiger partial charge in [-0.15, -0.1) is 11.3 Å². The van der Waals surface area contributed by atoms with Crippen LogP contribution in [0.5, 0.6) is 0 Å². The van der Waals surface area contributed by atoms with Crippen LogP contribution >= 0.6 is 33.9 Å². The SMILES string of the molecule is O=[N+]([O-])c1ccc(F)c(NC2CCCc3sc(I)cc32)c1. The molecule has 4 nitrogen and oxygen atoms in total. The van der Waals surface area contributed by atoms with Crippen molar-refractivity contribution in [1.29, 1.82) is 0 Å². The number of nitro benzene ring substituents is 1. The molecule has 7 heteroatoms. The van der Waals surface area contributed by atoms with Crippen LogP contribution in [-0.2, 0) is 6.42 Å². The number of hydrogen-bond acceptors (Lipinski definition) is 4. The zero-order valence-electron chi connectivity index (χ0n) is 10.9.